The highest BCUT2D eigenvalue weighted by Crippen LogP contribution is 2.34. The van der Waals surface area contributed by atoms with Crippen LogP contribution in [0.3, 0.4) is 0 Å². The Labute approximate surface area is 200 Å². The standard InChI is InChI=1S/C23H22Cl2N4O2S/c24-15-3-1-14(2-4-15)22(30)31-18-9-7-17(8-10-18)28-21-20(13-27-23(26)29-21)32-19-11-5-16(25)6-12-19/h1-6,11-13,17-18H,7-10H2,(H3,26,27,28,29). The molecular formula is C23H22Cl2N4O2S. The van der Waals surface area contributed by atoms with Crippen LogP contribution in [0, 0.1) is 0 Å². The van der Waals surface area contributed by atoms with E-state index in [0.717, 1.165) is 35.5 Å². The van der Waals surface area contributed by atoms with E-state index in [0.29, 0.717) is 21.4 Å². The number of nitrogens with two attached hydrogens (primary N) is 1. The lowest BCUT2D eigenvalue weighted by atomic mass is 9.93. The lowest BCUT2D eigenvalue weighted by molar-refractivity contribution is 0.0202. The average Bonchev–Trinajstić information content (AvgIpc) is 2.79. The molecule has 0 bridgehead atoms. The highest BCUT2D eigenvalue weighted by molar-refractivity contribution is 7.99. The molecule has 32 heavy (non-hydrogen) atoms. The van der Waals surface area contributed by atoms with E-state index in [9.17, 15) is 4.79 Å². The molecule has 4 rings (SSSR count). The van der Waals surface area contributed by atoms with E-state index in [4.69, 9.17) is 33.7 Å². The van der Waals surface area contributed by atoms with Gasteiger partial charge in [0.1, 0.15) is 11.9 Å². The number of nitrogens with one attached hydrogen (secondary N) is 1. The van der Waals surface area contributed by atoms with Crippen LogP contribution in [0.25, 0.3) is 0 Å². The number of hydrogen-bond acceptors (Lipinski definition) is 7. The van der Waals surface area contributed by atoms with Gasteiger partial charge in [0.2, 0.25) is 5.95 Å². The lowest BCUT2D eigenvalue weighted by Gasteiger charge is -2.29. The number of halogens is 2. The molecule has 0 atom stereocenters. The third kappa shape index (κ3) is 6.06. The normalized spacial score (nSPS) is 18.2. The van der Waals surface area contributed by atoms with Gasteiger partial charge in [-0.2, -0.15) is 4.98 Å². The number of carbonyl (C=O) groups is 1. The summed E-state index contributed by atoms with van der Waals surface area (Å²) in [6, 6.07) is 14.5. The van der Waals surface area contributed by atoms with Crippen molar-refractivity contribution in [2.45, 2.75) is 47.6 Å². The third-order valence-corrected chi connectivity index (χ3v) is 6.71. The number of ether oxygens (including phenoxy) is 1. The number of benzene rings is 2. The molecule has 0 saturated heterocycles. The fourth-order valence-electron chi connectivity index (χ4n) is 3.52. The highest BCUT2D eigenvalue weighted by atomic mass is 35.5. The topological polar surface area (TPSA) is 90.1 Å². The minimum Gasteiger partial charge on any atom is -0.459 e. The van der Waals surface area contributed by atoms with Crippen molar-refractivity contribution in [3.05, 3.63) is 70.3 Å². The summed E-state index contributed by atoms with van der Waals surface area (Å²) >= 11 is 13.4. The van der Waals surface area contributed by atoms with Crippen LogP contribution in [0.2, 0.25) is 10.0 Å². The van der Waals surface area contributed by atoms with Gasteiger partial charge in [0, 0.05) is 27.2 Å². The van der Waals surface area contributed by atoms with Gasteiger partial charge in [-0.15, -0.1) is 0 Å². The second kappa shape index (κ2) is 10.4. The van der Waals surface area contributed by atoms with E-state index in [1.807, 2.05) is 24.3 Å². The third-order valence-electron chi connectivity index (χ3n) is 5.18. The van der Waals surface area contributed by atoms with Crippen LogP contribution in [-0.2, 0) is 4.74 Å². The summed E-state index contributed by atoms with van der Waals surface area (Å²) in [7, 11) is 0. The molecule has 1 aliphatic carbocycles. The van der Waals surface area contributed by atoms with Crippen molar-refractivity contribution in [2.75, 3.05) is 11.1 Å². The molecule has 0 spiro atoms. The Balaban J connectivity index is 1.34. The molecular weight excluding hydrogens is 467 g/mol. The Hall–Kier alpha value is -2.48. The Morgan fingerprint density at radius 2 is 1.62 bits per heavy atom. The molecule has 166 valence electrons. The monoisotopic (exact) mass is 488 g/mol. The molecule has 1 heterocycles. The maximum atomic E-state index is 12.4. The van der Waals surface area contributed by atoms with Gasteiger partial charge < -0.3 is 15.8 Å². The first kappa shape index (κ1) is 22.7. The zero-order chi connectivity index (χ0) is 22.5. The number of aromatic nitrogens is 2. The summed E-state index contributed by atoms with van der Waals surface area (Å²) < 4.78 is 5.68. The van der Waals surface area contributed by atoms with Crippen LogP contribution in [0.4, 0.5) is 11.8 Å². The minimum atomic E-state index is -0.316. The molecule has 6 nitrogen and oxygen atoms in total. The summed E-state index contributed by atoms with van der Waals surface area (Å²) in [5.41, 5.74) is 6.34. The lowest BCUT2D eigenvalue weighted by Crippen LogP contribution is -2.31. The summed E-state index contributed by atoms with van der Waals surface area (Å²) in [4.78, 5) is 22.8. The van der Waals surface area contributed by atoms with Crippen molar-refractivity contribution in [1.29, 1.82) is 0 Å². The van der Waals surface area contributed by atoms with Crippen molar-refractivity contribution in [1.82, 2.24) is 9.97 Å². The molecule has 1 saturated carbocycles. The number of rotatable bonds is 6. The smallest absolute Gasteiger partial charge is 0.338 e. The Kier molecular flexibility index (Phi) is 7.40. The predicted octanol–water partition coefficient (Wildman–Crippen LogP) is 6.10. The molecule has 9 heteroatoms. The largest absolute Gasteiger partial charge is 0.459 e. The van der Waals surface area contributed by atoms with Crippen LogP contribution in [-0.4, -0.2) is 28.1 Å². The van der Waals surface area contributed by atoms with Crippen LogP contribution < -0.4 is 11.1 Å². The predicted molar refractivity (Wildman–Crippen MR) is 129 cm³/mol. The molecule has 1 fully saturated rings. The molecule has 3 aromatic rings. The van der Waals surface area contributed by atoms with E-state index >= 15 is 0 Å². The number of nitrogens with zero attached hydrogens (tertiary/aromatic N) is 2. The average molecular weight is 489 g/mol. The van der Waals surface area contributed by atoms with Crippen LogP contribution >= 0.6 is 35.0 Å². The van der Waals surface area contributed by atoms with Crippen LogP contribution in [0.1, 0.15) is 36.0 Å². The second-order valence-corrected chi connectivity index (χ2v) is 9.52. The zero-order valence-electron chi connectivity index (χ0n) is 17.1. The fourth-order valence-corrected chi connectivity index (χ4v) is 4.60. The van der Waals surface area contributed by atoms with Gasteiger partial charge in [-0.25, -0.2) is 9.78 Å². The summed E-state index contributed by atoms with van der Waals surface area (Å²) in [6.07, 6.45) is 4.88. The number of hydrogen-bond donors (Lipinski definition) is 2. The van der Waals surface area contributed by atoms with Gasteiger partial charge in [-0.05, 0) is 74.2 Å². The molecule has 2 aromatic carbocycles. The first-order chi connectivity index (χ1) is 15.5. The Morgan fingerprint density at radius 3 is 2.28 bits per heavy atom. The van der Waals surface area contributed by atoms with E-state index in [-0.39, 0.29) is 24.1 Å². The van der Waals surface area contributed by atoms with Crippen molar-refractivity contribution in [3.63, 3.8) is 0 Å². The summed E-state index contributed by atoms with van der Waals surface area (Å²) in [5.74, 6) is 0.612. The SMILES string of the molecule is Nc1ncc(Sc2ccc(Cl)cc2)c(NC2CCC(OC(=O)c3ccc(Cl)cc3)CC2)n1. The molecule has 0 aliphatic heterocycles. The maximum absolute atomic E-state index is 12.4. The van der Waals surface area contributed by atoms with Crippen LogP contribution in [0.15, 0.2) is 64.5 Å². The quantitative estimate of drug-likeness (QED) is 0.405. The molecule has 1 aromatic heterocycles. The molecule has 0 amide bonds. The van der Waals surface area contributed by atoms with Gasteiger partial charge in [0.25, 0.3) is 0 Å². The summed E-state index contributed by atoms with van der Waals surface area (Å²) in [6.45, 7) is 0. The van der Waals surface area contributed by atoms with E-state index in [1.165, 1.54) is 0 Å². The van der Waals surface area contributed by atoms with Gasteiger partial charge in [-0.1, -0.05) is 35.0 Å². The molecule has 3 N–H and O–H groups in total. The highest BCUT2D eigenvalue weighted by Gasteiger charge is 2.25. The number of esters is 1. The Morgan fingerprint density at radius 1 is 1.00 bits per heavy atom. The Bertz CT molecular complexity index is 1070. The van der Waals surface area contributed by atoms with E-state index in [2.05, 4.69) is 15.3 Å². The van der Waals surface area contributed by atoms with E-state index < -0.39 is 0 Å². The van der Waals surface area contributed by atoms with Crippen molar-refractivity contribution >= 4 is 52.7 Å². The van der Waals surface area contributed by atoms with Gasteiger partial charge in [0.05, 0.1) is 10.5 Å². The minimum absolute atomic E-state index is 0.102. The van der Waals surface area contributed by atoms with Gasteiger partial charge in [0.15, 0.2) is 0 Å². The first-order valence-corrected chi connectivity index (χ1v) is 11.8. The first-order valence-electron chi connectivity index (χ1n) is 10.3. The summed E-state index contributed by atoms with van der Waals surface area (Å²) in [5, 5.41) is 4.78. The number of anilines is 2. The van der Waals surface area contributed by atoms with Crippen molar-refractivity contribution in [3.8, 4) is 0 Å². The van der Waals surface area contributed by atoms with Gasteiger partial charge in [-0.3, -0.25) is 0 Å². The van der Waals surface area contributed by atoms with Crippen molar-refractivity contribution < 1.29 is 9.53 Å². The number of carbonyl (C=O) groups excluding carboxylic acids is 1. The molecule has 1 aliphatic rings. The second-order valence-electron chi connectivity index (χ2n) is 7.53. The number of nitrogen functional groups attached to an aromatic ring is 1. The van der Waals surface area contributed by atoms with Crippen LogP contribution in [0.5, 0.6) is 0 Å². The maximum Gasteiger partial charge on any atom is 0.338 e. The fraction of sp³-hybridized carbons (Fsp3) is 0.261. The molecule has 0 unspecified atom stereocenters. The zero-order valence-corrected chi connectivity index (χ0v) is 19.5. The molecule has 0 radical (unpaired) electrons. The van der Waals surface area contributed by atoms with Crippen molar-refractivity contribution in [2.24, 2.45) is 0 Å². The van der Waals surface area contributed by atoms with E-state index in [1.54, 1.807) is 42.2 Å². The van der Waals surface area contributed by atoms with Gasteiger partial charge >= 0.3 is 5.97 Å².